The minimum absolute atomic E-state index is 0.00667. The van der Waals surface area contributed by atoms with Crippen molar-refractivity contribution in [3.8, 4) is 0 Å². The zero-order valence-corrected chi connectivity index (χ0v) is 11.7. The van der Waals surface area contributed by atoms with Crippen LogP contribution in [0.4, 0.5) is 13.2 Å². The van der Waals surface area contributed by atoms with E-state index in [0.717, 1.165) is 17.7 Å². The minimum Gasteiger partial charge on any atom is -0.481 e. The van der Waals surface area contributed by atoms with Gasteiger partial charge in [-0.3, -0.25) is 9.59 Å². The zero-order chi connectivity index (χ0) is 16.3. The van der Waals surface area contributed by atoms with Gasteiger partial charge in [-0.05, 0) is 36.5 Å². The van der Waals surface area contributed by atoms with E-state index in [9.17, 15) is 22.8 Å². The van der Waals surface area contributed by atoms with Gasteiger partial charge < -0.3 is 10.4 Å². The summed E-state index contributed by atoms with van der Waals surface area (Å²) in [7, 11) is 0. The summed E-state index contributed by atoms with van der Waals surface area (Å²) in [5.74, 6) is -1.37. The maximum atomic E-state index is 12.5. The van der Waals surface area contributed by atoms with Crippen LogP contribution in [0.1, 0.15) is 36.3 Å². The number of nitrogens with one attached hydrogen (secondary N) is 1. The molecule has 1 aliphatic carbocycles. The van der Waals surface area contributed by atoms with Gasteiger partial charge in [0.15, 0.2) is 0 Å². The van der Waals surface area contributed by atoms with E-state index in [0.29, 0.717) is 19.4 Å². The second-order valence-electron chi connectivity index (χ2n) is 5.36. The number of carboxylic acids is 1. The molecule has 1 aromatic carbocycles. The third-order valence-corrected chi connectivity index (χ3v) is 3.66. The van der Waals surface area contributed by atoms with E-state index in [1.807, 2.05) is 0 Å². The molecular weight excluding hydrogens is 299 g/mol. The Morgan fingerprint density at radius 3 is 2.41 bits per heavy atom. The number of benzene rings is 1. The van der Waals surface area contributed by atoms with Gasteiger partial charge in [-0.15, -0.1) is 0 Å². The molecule has 0 heterocycles. The molecule has 1 aromatic rings. The van der Waals surface area contributed by atoms with Crippen molar-refractivity contribution in [2.45, 2.75) is 31.4 Å². The van der Waals surface area contributed by atoms with E-state index in [4.69, 9.17) is 5.11 Å². The Balaban J connectivity index is 1.82. The topological polar surface area (TPSA) is 66.4 Å². The van der Waals surface area contributed by atoms with Crippen molar-refractivity contribution < 1.29 is 27.9 Å². The molecule has 0 saturated heterocycles. The van der Waals surface area contributed by atoms with E-state index in [1.165, 1.54) is 12.1 Å². The average molecular weight is 315 g/mol. The quantitative estimate of drug-likeness (QED) is 0.793. The highest BCUT2D eigenvalue weighted by Crippen LogP contribution is 2.47. The van der Waals surface area contributed by atoms with Crippen LogP contribution in [0.15, 0.2) is 24.3 Å². The fourth-order valence-electron chi connectivity index (χ4n) is 2.35. The van der Waals surface area contributed by atoms with Crippen molar-refractivity contribution in [3.05, 3.63) is 35.4 Å². The van der Waals surface area contributed by atoms with E-state index in [2.05, 4.69) is 5.32 Å². The van der Waals surface area contributed by atoms with Gasteiger partial charge >= 0.3 is 12.1 Å². The lowest BCUT2D eigenvalue weighted by atomic mass is 10.1. The molecule has 22 heavy (non-hydrogen) atoms. The van der Waals surface area contributed by atoms with Crippen molar-refractivity contribution in [1.29, 1.82) is 0 Å². The van der Waals surface area contributed by atoms with Crippen LogP contribution in [0.3, 0.4) is 0 Å². The number of carbonyl (C=O) groups excluding carboxylic acids is 1. The first-order valence-corrected chi connectivity index (χ1v) is 6.95. The first-order chi connectivity index (χ1) is 10.3. The van der Waals surface area contributed by atoms with Gasteiger partial charge in [0, 0.05) is 18.9 Å². The second kappa shape index (κ2) is 6.37. The van der Waals surface area contributed by atoms with E-state index >= 15 is 0 Å². The Bertz CT molecular complexity index is 554. The van der Waals surface area contributed by atoms with E-state index in [-0.39, 0.29) is 24.2 Å². The van der Waals surface area contributed by atoms with Crippen LogP contribution in [0, 0.1) is 5.92 Å². The van der Waals surface area contributed by atoms with Crippen LogP contribution in [0.2, 0.25) is 0 Å². The Labute approximate surface area is 125 Å². The highest BCUT2D eigenvalue weighted by Gasteiger charge is 2.44. The maximum absolute atomic E-state index is 12.5. The molecule has 1 amide bonds. The van der Waals surface area contributed by atoms with Crippen molar-refractivity contribution in [2.75, 3.05) is 6.54 Å². The van der Waals surface area contributed by atoms with Crippen molar-refractivity contribution >= 4 is 11.9 Å². The highest BCUT2D eigenvalue weighted by atomic mass is 19.4. The van der Waals surface area contributed by atoms with Gasteiger partial charge in [0.1, 0.15) is 0 Å². The lowest BCUT2D eigenvalue weighted by Gasteiger charge is -2.07. The molecule has 2 atom stereocenters. The molecule has 7 heteroatoms. The summed E-state index contributed by atoms with van der Waals surface area (Å²) in [5, 5.41) is 11.1. The summed E-state index contributed by atoms with van der Waals surface area (Å²) in [6, 6.07) is 4.86. The summed E-state index contributed by atoms with van der Waals surface area (Å²) in [6.07, 6.45) is -3.40. The fraction of sp³-hybridized carbons (Fsp3) is 0.467. The molecular formula is C15H16F3NO3. The van der Waals surface area contributed by atoms with Crippen molar-refractivity contribution in [3.63, 3.8) is 0 Å². The lowest BCUT2D eigenvalue weighted by molar-refractivity contribution is -0.138. The molecule has 0 bridgehead atoms. The number of halogens is 3. The molecule has 0 radical (unpaired) electrons. The third-order valence-electron chi connectivity index (χ3n) is 3.66. The predicted octanol–water partition coefficient (Wildman–Crippen LogP) is 2.79. The third kappa shape index (κ3) is 4.22. The van der Waals surface area contributed by atoms with Crippen LogP contribution in [-0.4, -0.2) is 23.5 Å². The van der Waals surface area contributed by atoms with E-state index < -0.39 is 17.7 Å². The van der Waals surface area contributed by atoms with Gasteiger partial charge in [0.25, 0.3) is 0 Å². The Hall–Kier alpha value is -2.05. The number of aliphatic carboxylic acids is 1. The number of hydrogen-bond donors (Lipinski definition) is 2. The van der Waals surface area contributed by atoms with Crippen LogP contribution in [0.5, 0.6) is 0 Å². The SMILES string of the molecule is O=C(O)CCCNC(=O)C1CC1c1ccc(C(F)(F)F)cc1. The molecule has 2 N–H and O–H groups in total. The first-order valence-electron chi connectivity index (χ1n) is 6.95. The smallest absolute Gasteiger partial charge is 0.416 e. The van der Waals surface area contributed by atoms with E-state index in [1.54, 1.807) is 0 Å². The minimum atomic E-state index is -4.36. The lowest BCUT2D eigenvalue weighted by Crippen LogP contribution is -2.26. The number of carboxylic acid groups (broad SMARTS) is 1. The molecule has 4 nitrogen and oxygen atoms in total. The molecule has 1 fully saturated rings. The van der Waals surface area contributed by atoms with Gasteiger partial charge in [0.2, 0.25) is 5.91 Å². The summed E-state index contributed by atoms with van der Waals surface area (Å²) in [5.41, 5.74) is 0.0188. The summed E-state index contributed by atoms with van der Waals surface area (Å²) in [4.78, 5) is 22.2. The number of amides is 1. The number of carbonyl (C=O) groups is 2. The summed E-state index contributed by atoms with van der Waals surface area (Å²) >= 11 is 0. The van der Waals surface area contributed by atoms with Crippen molar-refractivity contribution in [1.82, 2.24) is 5.32 Å². The maximum Gasteiger partial charge on any atom is 0.416 e. The van der Waals surface area contributed by atoms with Gasteiger partial charge in [-0.25, -0.2) is 0 Å². The predicted molar refractivity (Wildman–Crippen MR) is 72.2 cm³/mol. The first kappa shape index (κ1) is 16.3. The Kier molecular flexibility index (Phi) is 4.73. The largest absolute Gasteiger partial charge is 0.481 e. The molecule has 2 unspecified atom stereocenters. The average Bonchev–Trinajstić information content (AvgIpc) is 3.23. The molecule has 1 aliphatic rings. The monoisotopic (exact) mass is 315 g/mol. The second-order valence-corrected chi connectivity index (χ2v) is 5.36. The molecule has 120 valence electrons. The van der Waals surface area contributed by atoms with Gasteiger partial charge in [-0.2, -0.15) is 13.2 Å². The molecule has 0 aliphatic heterocycles. The normalized spacial score (nSPS) is 20.5. The van der Waals surface area contributed by atoms with Crippen molar-refractivity contribution in [2.24, 2.45) is 5.92 Å². The van der Waals surface area contributed by atoms with Crippen LogP contribution < -0.4 is 5.32 Å². The van der Waals surface area contributed by atoms with Gasteiger partial charge in [0.05, 0.1) is 5.56 Å². The highest BCUT2D eigenvalue weighted by molar-refractivity contribution is 5.82. The summed E-state index contributed by atoms with van der Waals surface area (Å²) in [6.45, 7) is 0.293. The van der Waals surface area contributed by atoms with Crippen LogP contribution in [-0.2, 0) is 15.8 Å². The fourth-order valence-corrected chi connectivity index (χ4v) is 2.35. The standard InChI is InChI=1S/C15H16F3NO3/c16-15(17,18)10-5-3-9(4-6-10)11-8-12(11)14(22)19-7-1-2-13(20)21/h3-6,11-12H,1-2,7-8H2,(H,19,22)(H,20,21). The number of alkyl halides is 3. The number of hydrogen-bond acceptors (Lipinski definition) is 2. The molecule has 2 rings (SSSR count). The Morgan fingerprint density at radius 1 is 1.23 bits per heavy atom. The summed E-state index contributed by atoms with van der Waals surface area (Å²) < 4.78 is 37.4. The Morgan fingerprint density at radius 2 is 1.86 bits per heavy atom. The zero-order valence-electron chi connectivity index (χ0n) is 11.7. The van der Waals surface area contributed by atoms with Crippen LogP contribution >= 0.6 is 0 Å². The van der Waals surface area contributed by atoms with Gasteiger partial charge in [-0.1, -0.05) is 12.1 Å². The number of rotatable bonds is 6. The molecule has 1 saturated carbocycles. The van der Waals surface area contributed by atoms with Crippen LogP contribution in [0.25, 0.3) is 0 Å². The molecule has 0 aromatic heterocycles. The molecule has 0 spiro atoms.